The minimum atomic E-state index is -1.15. The van der Waals surface area contributed by atoms with Crippen molar-refractivity contribution in [2.24, 2.45) is 5.16 Å². The number of anilines is 1. The Morgan fingerprint density at radius 2 is 2.57 bits per heavy atom. The van der Waals surface area contributed by atoms with Crippen LogP contribution in [0.2, 0.25) is 0 Å². The Kier molecular flexibility index (Phi) is 3.80. The minimum absolute atomic E-state index is 0.222. The molecule has 3 N–H and O–H groups in total. The van der Waals surface area contributed by atoms with Crippen LogP contribution in [-0.4, -0.2) is 33.3 Å². The third kappa shape index (κ3) is 3.81. The maximum absolute atomic E-state index is 9.97. The quantitative estimate of drug-likeness (QED) is 0.399. The van der Waals surface area contributed by atoms with Gasteiger partial charge in [0.25, 0.3) is 0 Å². The monoisotopic (exact) mass is 216 g/mol. The van der Waals surface area contributed by atoms with Crippen LogP contribution in [0.15, 0.2) is 5.16 Å². The number of aliphatic carboxylic acids is 1. The van der Waals surface area contributed by atoms with Crippen LogP contribution in [0.5, 0.6) is 0 Å². The predicted octanol–water partition coefficient (Wildman–Crippen LogP) is -0.250. The number of aromatic nitrogens is 2. The molecule has 0 saturated heterocycles. The van der Waals surface area contributed by atoms with Crippen molar-refractivity contribution in [1.29, 1.82) is 0 Å². The number of nitrogens with two attached hydrogens (primary N) is 1. The van der Waals surface area contributed by atoms with Crippen molar-refractivity contribution in [3.8, 4) is 0 Å². The van der Waals surface area contributed by atoms with E-state index in [4.69, 9.17) is 10.8 Å². The summed E-state index contributed by atoms with van der Waals surface area (Å²) < 4.78 is 3.91. The topological polar surface area (TPSA) is 111 Å². The highest BCUT2D eigenvalue weighted by Gasteiger charge is 2.00. The number of carboxylic acid groups (broad SMARTS) is 1. The van der Waals surface area contributed by atoms with E-state index in [1.807, 2.05) is 0 Å². The van der Waals surface area contributed by atoms with Gasteiger partial charge in [-0.25, -0.2) is 9.78 Å². The van der Waals surface area contributed by atoms with Gasteiger partial charge in [-0.1, -0.05) is 5.16 Å². The molecular weight excluding hydrogens is 208 g/mol. The molecular formula is C6H8N4O3S. The molecule has 1 heterocycles. The van der Waals surface area contributed by atoms with Gasteiger partial charge in [-0.05, 0) is 0 Å². The Morgan fingerprint density at radius 3 is 3.14 bits per heavy atom. The van der Waals surface area contributed by atoms with Gasteiger partial charge >= 0.3 is 5.97 Å². The lowest BCUT2D eigenvalue weighted by molar-refractivity contribution is -0.129. The van der Waals surface area contributed by atoms with Crippen molar-refractivity contribution in [3.05, 3.63) is 5.82 Å². The highest BCUT2D eigenvalue weighted by atomic mass is 32.1. The first-order valence-electron chi connectivity index (χ1n) is 3.65. The number of nitrogens with zero attached hydrogens (tertiary/aromatic N) is 3. The summed E-state index contributed by atoms with van der Waals surface area (Å²) in [6.07, 6.45) is 1.12. The van der Waals surface area contributed by atoms with Gasteiger partial charge < -0.3 is 15.7 Å². The molecule has 1 aromatic heterocycles. The van der Waals surface area contributed by atoms with E-state index in [1.54, 1.807) is 0 Å². The van der Waals surface area contributed by atoms with E-state index < -0.39 is 5.97 Å². The number of hydrogen-bond acceptors (Lipinski definition) is 7. The number of carbonyl (C=O) groups is 1. The molecule has 0 spiro atoms. The van der Waals surface area contributed by atoms with Gasteiger partial charge in [0.2, 0.25) is 0 Å². The van der Waals surface area contributed by atoms with Crippen LogP contribution in [0.25, 0.3) is 0 Å². The summed E-state index contributed by atoms with van der Waals surface area (Å²) in [6, 6.07) is 0. The number of hydrogen-bond donors (Lipinski definition) is 2. The summed E-state index contributed by atoms with van der Waals surface area (Å²) in [7, 11) is 0. The van der Waals surface area contributed by atoms with Crippen LogP contribution in [0.1, 0.15) is 5.82 Å². The van der Waals surface area contributed by atoms with Crippen LogP contribution in [0, 0.1) is 0 Å². The van der Waals surface area contributed by atoms with Crippen molar-refractivity contribution < 1.29 is 14.7 Å². The molecule has 0 aliphatic rings. The molecule has 0 saturated carbocycles. The first kappa shape index (κ1) is 10.4. The second-order valence-electron chi connectivity index (χ2n) is 2.20. The third-order valence-electron chi connectivity index (χ3n) is 1.14. The Balaban J connectivity index is 2.19. The second kappa shape index (κ2) is 5.12. The van der Waals surface area contributed by atoms with Crippen molar-refractivity contribution in [1.82, 2.24) is 9.36 Å². The van der Waals surface area contributed by atoms with E-state index in [9.17, 15) is 4.79 Å². The van der Waals surface area contributed by atoms with Gasteiger partial charge in [0.1, 0.15) is 12.4 Å². The Labute approximate surface area is 83.4 Å². The summed E-state index contributed by atoms with van der Waals surface area (Å²) in [5.74, 6) is -0.584. The molecule has 0 aliphatic carbocycles. The van der Waals surface area contributed by atoms with Crippen LogP contribution in [-0.2, 0) is 16.1 Å². The summed E-state index contributed by atoms with van der Waals surface area (Å²) in [4.78, 5) is 18.5. The molecule has 0 atom stereocenters. The lowest BCUT2D eigenvalue weighted by Gasteiger charge is -1.93. The molecule has 7 nitrogen and oxygen atoms in total. The van der Waals surface area contributed by atoms with E-state index in [0.717, 1.165) is 11.5 Å². The van der Waals surface area contributed by atoms with Gasteiger partial charge in [0.15, 0.2) is 11.3 Å². The molecule has 0 bridgehead atoms. The summed E-state index contributed by atoms with van der Waals surface area (Å²) >= 11 is 1.10. The van der Waals surface area contributed by atoms with Gasteiger partial charge in [0, 0.05) is 18.0 Å². The average Bonchev–Trinajstić information content (AvgIpc) is 2.50. The average molecular weight is 216 g/mol. The van der Waals surface area contributed by atoms with Gasteiger partial charge in [-0.2, -0.15) is 4.37 Å². The fourth-order valence-electron chi connectivity index (χ4n) is 0.641. The Morgan fingerprint density at radius 1 is 1.79 bits per heavy atom. The summed E-state index contributed by atoms with van der Waals surface area (Å²) in [6.45, 7) is 0.222. The SMILES string of the molecule is Nc1nc(CCO/N=C/C(=O)O)ns1. The maximum Gasteiger partial charge on any atom is 0.350 e. The van der Waals surface area contributed by atoms with Gasteiger partial charge in [0.05, 0.1) is 0 Å². The molecule has 0 aromatic carbocycles. The Hall–Kier alpha value is -1.70. The largest absolute Gasteiger partial charge is 0.477 e. The zero-order valence-electron chi connectivity index (χ0n) is 7.08. The molecule has 0 amide bonds. The number of nitrogen functional groups attached to an aromatic ring is 1. The smallest absolute Gasteiger partial charge is 0.350 e. The van der Waals surface area contributed by atoms with E-state index in [2.05, 4.69) is 19.4 Å². The van der Waals surface area contributed by atoms with E-state index in [-0.39, 0.29) is 6.61 Å². The molecule has 0 radical (unpaired) electrons. The van der Waals surface area contributed by atoms with Crippen molar-refractivity contribution in [3.63, 3.8) is 0 Å². The zero-order chi connectivity index (χ0) is 10.4. The van der Waals surface area contributed by atoms with E-state index >= 15 is 0 Å². The van der Waals surface area contributed by atoms with Crippen molar-refractivity contribution in [2.75, 3.05) is 12.3 Å². The maximum atomic E-state index is 9.97. The first-order chi connectivity index (χ1) is 6.68. The van der Waals surface area contributed by atoms with Crippen LogP contribution in [0.3, 0.4) is 0 Å². The summed E-state index contributed by atoms with van der Waals surface area (Å²) in [5.41, 5.74) is 5.35. The molecule has 1 rings (SSSR count). The lowest BCUT2D eigenvalue weighted by atomic mass is 10.4. The normalized spacial score (nSPS) is 10.6. The molecule has 8 heteroatoms. The number of carboxylic acids is 1. The fraction of sp³-hybridized carbons (Fsp3) is 0.333. The molecule has 14 heavy (non-hydrogen) atoms. The highest BCUT2D eigenvalue weighted by molar-refractivity contribution is 7.09. The highest BCUT2D eigenvalue weighted by Crippen LogP contribution is 2.05. The van der Waals surface area contributed by atoms with Crippen LogP contribution >= 0.6 is 11.5 Å². The Bertz CT molecular complexity index is 338. The fourth-order valence-corrected chi connectivity index (χ4v) is 1.12. The minimum Gasteiger partial charge on any atom is -0.477 e. The molecule has 0 fully saturated rings. The van der Waals surface area contributed by atoms with E-state index in [1.165, 1.54) is 0 Å². The van der Waals surface area contributed by atoms with Crippen LogP contribution in [0.4, 0.5) is 5.13 Å². The summed E-state index contributed by atoms with van der Waals surface area (Å²) in [5, 5.41) is 11.7. The molecule has 76 valence electrons. The number of oxime groups is 1. The van der Waals surface area contributed by atoms with Crippen molar-refractivity contribution >= 4 is 28.8 Å². The standard InChI is InChI=1S/C6H8N4O3S/c7-6-9-4(10-14-6)1-2-13-8-3-5(11)12/h3H,1-2H2,(H,11,12)(H2,7,9,10)/b8-3+. The number of rotatable bonds is 5. The van der Waals surface area contributed by atoms with Crippen LogP contribution < -0.4 is 5.73 Å². The van der Waals surface area contributed by atoms with Gasteiger partial charge in [-0.15, -0.1) is 0 Å². The first-order valence-corrected chi connectivity index (χ1v) is 4.42. The van der Waals surface area contributed by atoms with E-state index in [0.29, 0.717) is 23.6 Å². The zero-order valence-corrected chi connectivity index (χ0v) is 7.90. The van der Waals surface area contributed by atoms with Crippen molar-refractivity contribution in [2.45, 2.75) is 6.42 Å². The third-order valence-corrected chi connectivity index (χ3v) is 1.72. The predicted molar refractivity (Wildman–Crippen MR) is 50.1 cm³/mol. The second-order valence-corrected chi connectivity index (χ2v) is 2.99. The lowest BCUT2D eigenvalue weighted by Crippen LogP contribution is -1.99. The molecule has 0 aliphatic heterocycles. The molecule has 1 aromatic rings. The van der Waals surface area contributed by atoms with Gasteiger partial charge in [-0.3, -0.25) is 0 Å². The molecule has 0 unspecified atom stereocenters.